The maximum atomic E-state index is 14.0. The van der Waals surface area contributed by atoms with Gasteiger partial charge in [-0.05, 0) is 37.3 Å². The lowest BCUT2D eigenvalue weighted by Crippen LogP contribution is -2.17. The third-order valence-corrected chi connectivity index (χ3v) is 4.21. The summed E-state index contributed by atoms with van der Waals surface area (Å²) in [5.74, 6) is 0.120. The van der Waals surface area contributed by atoms with Gasteiger partial charge in [-0.15, -0.1) is 0 Å². The van der Waals surface area contributed by atoms with Crippen LogP contribution in [0.4, 0.5) is 4.39 Å². The number of ether oxygens (including phenoxy) is 3. The van der Waals surface area contributed by atoms with Gasteiger partial charge < -0.3 is 14.2 Å². The topological polar surface area (TPSA) is 61.8 Å². The van der Waals surface area contributed by atoms with Gasteiger partial charge in [-0.3, -0.25) is 0 Å². The van der Waals surface area contributed by atoms with E-state index in [0.29, 0.717) is 18.1 Å². The molecule has 0 saturated carbocycles. The van der Waals surface area contributed by atoms with Crippen molar-refractivity contribution in [2.24, 2.45) is 0 Å². The molecule has 0 unspecified atom stereocenters. The van der Waals surface area contributed by atoms with Crippen molar-refractivity contribution in [3.63, 3.8) is 0 Å². The standard InChI is InChI=1S/C17H19FO5S/c1-12(11-21-2)22-13-5-4-6-14(9-13)23-17-8-7-15(10-16(17)18)24(3,19)20/h4-10,12H,11H2,1-3H3/t12-/m0/s1. The first-order valence-electron chi connectivity index (χ1n) is 7.22. The molecule has 130 valence electrons. The van der Waals surface area contributed by atoms with Crippen molar-refractivity contribution in [3.05, 3.63) is 48.3 Å². The normalized spacial score (nSPS) is 12.7. The first kappa shape index (κ1) is 18.2. The van der Waals surface area contributed by atoms with Gasteiger partial charge in [0.1, 0.15) is 17.6 Å². The van der Waals surface area contributed by atoms with E-state index in [-0.39, 0.29) is 16.7 Å². The lowest BCUT2D eigenvalue weighted by atomic mass is 10.3. The van der Waals surface area contributed by atoms with Crippen LogP contribution in [-0.2, 0) is 14.6 Å². The minimum Gasteiger partial charge on any atom is -0.488 e. The van der Waals surface area contributed by atoms with E-state index in [0.717, 1.165) is 12.3 Å². The first-order valence-corrected chi connectivity index (χ1v) is 9.12. The highest BCUT2D eigenvalue weighted by atomic mass is 32.2. The second-order valence-electron chi connectivity index (χ2n) is 5.33. The van der Waals surface area contributed by atoms with E-state index in [1.54, 1.807) is 31.4 Å². The van der Waals surface area contributed by atoms with Crippen LogP contribution in [0.5, 0.6) is 17.2 Å². The van der Waals surface area contributed by atoms with Crippen molar-refractivity contribution < 1.29 is 27.0 Å². The average molecular weight is 354 g/mol. The zero-order valence-electron chi connectivity index (χ0n) is 13.7. The molecule has 0 heterocycles. The first-order chi connectivity index (χ1) is 11.3. The van der Waals surface area contributed by atoms with Crippen LogP contribution >= 0.6 is 0 Å². The van der Waals surface area contributed by atoms with E-state index in [9.17, 15) is 12.8 Å². The molecule has 2 rings (SSSR count). The summed E-state index contributed by atoms with van der Waals surface area (Å²) < 4.78 is 53.0. The van der Waals surface area contributed by atoms with Gasteiger partial charge >= 0.3 is 0 Å². The van der Waals surface area contributed by atoms with Crippen molar-refractivity contribution in [2.45, 2.75) is 17.9 Å². The highest BCUT2D eigenvalue weighted by Crippen LogP contribution is 2.29. The largest absolute Gasteiger partial charge is 0.488 e. The van der Waals surface area contributed by atoms with Gasteiger partial charge in [0.15, 0.2) is 21.4 Å². The Labute approximate surface area is 140 Å². The van der Waals surface area contributed by atoms with Gasteiger partial charge in [0, 0.05) is 19.4 Å². The highest BCUT2D eigenvalue weighted by molar-refractivity contribution is 7.90. The second kappa shape index (κ2) is 7.63. The van der Waals surface area contributed by atoms with Gasteiger partial charge in [-0.2, -0.15) is 0 Å². The van der Waals surface area contributed by atoms with Crippen molar-refractivity contribution in [3.8, 4) is 17.2 Å². The molecule has 7 heteroatoms. The van der Waals surface area contributed by atoms with E-state index in [1.807, 2.05) is 6.92 Å². The Morgan fingerprint density at radius 1 is 1.12 bits per heavy atom. The molecule has 0 aliphatic rings. The van der Waals surface area contributed by atoms with E-state index < -0.39 is 15.7 Å². The molecule has 0 bridgehead atoms. The molecule has 2 aromatic rings. The Morgan fingerprint density at radius 2 is 1.83 bits per heavy atom. The Balaban J connectivity index is 2.17. The number of methoxy groups -OCH3 is 1. The second-order valence-corrected chi connectivity index (χ2v) is 7.34. The van der Waals surface area contributed by atoms with Crippen molar-refractivity contribution in [1.29, 1.82) is 0 Å². The van der Waals surface area contributed by atoms with E-state index in [2.05, 4.69) is 0 Å². The maximum Gasteiger partial charge on any atom is 0.175 e. The molecule has 0 aromatic heterocycles. The molecule has 1 atom stereocenters. The molecule has 0 fully saturated rings. The molecule has 0 radical (unpaired) electrons. The van der Waals surface area contributed by atoms with E-state index in [4.69, 9.17) is 14.2 Å². The Kier molecular flexibility index (Phi) is 5.80. The summed E-state index contributed by atoms with van der Waals surface area (Å²) in [5, 5.41) is 0. The summed E-state index contributed by atoms with van der Waals surface area (Å²) in [6.07, 6.45) is 0.876. The molecule has 24 heavy (non-hydrogen) atoms. The lowest BCUT2D eigenvalue weighted by molar-refractivity contribution is 0.0919. The SMILES string of the molecule is COC[C@H](C)Oc1cccc(Oc2ccc(S(C)(=O)=O)cc2F)c1. The molecule has 2 aromatic carbocycles. The Bertz CT molecular complexity index is 804. The van der Waals surface area contributed by atoms with Crippen LogP contribution in [-0.4, -0.2) is 34.5 Å². The van der Waals surface area contributed by atoms with Crippen LogP contribution in [0.3, 0.4) is 0 Å². The molecule has 0 saturated heterocycles. The van der Waals surface area contributed by atoms with E-state index in [1.165, 1.54) is 12.1 Å². The predicted octanol–water partition coefficient (Wildman–Crippen LogP) is 3.44. The number of rotatable bonds is 7. The molecule has 0 N–H and O–H groups in total. The Morgan fingerprint density at radius 3 is 2.46 bits per heavy atom. The maximum absolute atomic E-state index is 14.0. The zero-order valence-corrected chi connectivity index (χ0v) is 14.5. The molecular weight excluding hydrogens is 335 g/mol. The quantitative estimate of drug-likeness (QED) is 0.762. The molecule has 0 aliphatic heterocycles. The number of hydrogen-bond donors (Lipinski definition) is 0. The van der Waals surface area contributed by atoms with Crippen molar-refractivity contribution in [1.82, 2.24) is 0 Å². The van der Waals surface area contributed by atoms with Gasteiger partial charge in [0.25, 0.3) is 0 Å². The van der Waals surface area contributed by atoms with Gasteiger partial charge in [-0.1, -0.05) is 6.07 Å². The summed E-state index contributed by atoms with van der Waals surface area (Å²) in [6, 6.07) is 10.3. The van der Waals surface area contributed by atoms with Gasteiger partial charge in [-0.25, -0.2) is 12.8 Å². The summed E-state index contributed by atoms with van der Waals surface area (Å²) in [4.78, 5) is -0.0992. The number of sulfone groups is 1. The number of benzene rings is 2. The minimum absolute atomic E-state index is 0.0653. The van der Waals surface area contributed by atoms with Crippen LogP contribution in [0.1, 0.15) is 6.92 Å². The monoisotopic (exact) mass is 354 g/mol. The summed E-state index contributed by atoms with van der Waals surface area (Å²) in [7, 11) is -1.88. The molecule has 0 aliphatic carbocycles. The smallest absolute Gasteiger partial charge is 0.175 e. The fourth-order valence-electron chi connectivity index (χ4n) is 2.03. The molecule has 0 amide bonds. The third-order valence-electron chi connectivity index (χ3n) is 3.10. The van der Waals surface area contributed by atoms with Crippen LogP contribution in [0.15, 0.2) is 47.4 Å². The van der Waals surface area contributed by atoms with Crippen LogP contribution in [0.25, 0.3) is 0 Å². The summed E-state index contributed by atoms with van der Waals surface area (Å²) in [6.45, 7) is 2.30. The predicted molar refractivity (Wildman–Crippen MR) is 88.0 cm³/mol. The van der Waals surface area contributed by atoms with Crippen LogP contribution in [0, 0.1) is 5.82 Å². The number of halogens is 1. The molecular formula is C17H19FO5S. The summed E-state index contributed by atoms with van der Waals surface area (Å²) >= 11 is 0. The average Bonchev–Trinajstić information content (AvgIpc) is 2.49. The van der Waals surface area contributed by atoms with Gasteiger partial charge in [0.2, 0.25) is 0 Å². The van der Waals surface area contributed by atoms with Crippen LogP contribution < -0.4 is 9.47 Å². The molecule has 0 spiro atoms. The van der Waals surface area contributed by atoms with Crippen LogP contribution in [0.2, 0.25) is 0 Å². The molecule has 5 nitrogen and oxygen atoms in total. The zero-order chi connectivity index (χ0) is 17.7. The number of hydrogen-bond acceptors (Lipinski definition) is 5. The fraction of sp³-hybridized carbons (Fsp3) is 0.294. The van der Waals surface area contributed by atoms with E-state index >= 15 is 0 Å². The Hall–Kier alpha value is -2.12. The van der Waals surface area contributed by atoms with Crippen molar-refractivity contribution >= 4 is 9.84 Å². The summed E-state index contributed by atoms with van der Waals surface area (Å²) in [5.41, 5.74) is 0. The minimum atomic E-state index is -3.47. The van der Waals surface area contributed by atoms with Crippen molar-refractivity contribution in [2.75, 3.05) is 20.0 Å². The van der Waals surface area contributed by atoms with Gasteiger partial charge in [0.05, 0.1) is 11.5 Å². The highest BCUT2D eigenvalue weighted by Gasteiger charge is 2.13. The third kappa shape index (κ3) is 4.94. The lowest BCUT2D eigenvalue weighted by Gasteiger charge is -2.14. The fourth-order valence-corrected chi connectivity index (χ4v) is 2.67.